The zero-order valence-corrected chi connectivity index (χ0v) is 21.9. The van der Waals surface area contributed by atoms with E-state index < -0.39 is 29.4 Å². The summed E-state index contributed by atoms with van der Waals surface area (Å²) in [7, 11) is 1.18. The Bertz CT molecular complexity index is 1620. The van der Waals surface area contributed by atoms with Crippen LogP contribution in [0.4, 0.5) is 24.8 Å². The predicted octanol–water partition coefficient (Wildman–Crippen LogP) is 3.80. The van der Waals surface area contributed by atoms with Crippen LogP contribution in [0.2, 0.25) is 0 Å². The van der Waals surface area contributed by atoms with Crippen LogP contribution in [-0.4, -0.2) is 27.8 Å². The van der Waals surface area contributed by atoms with Gasteiger partial charge in [0.1, 0.15) is 12.6 Å². The number of carbonyl (C=O) groups is 1. The lowest BCUT2D eigenvalue weighted by molar-refractivity contribution is -0.604. The number of nitrogens with two attached hydrogens (primary N) is 1. The highest BCUT2D eigenvalue weighted by Gasteiger charge is 2.41. The first kappa shape index (κ1) is 28.1. The van der Waals surface area contributed by atoms with Gasteiger partial charge in [0.05, 0.1) is 36.1 Å². The minimum absolute atomic E-state index is 0.00764. The number of carbonyl (C=O) groups excluding carboxylic acids is 1. The number of hydrogen-bond donors (Lipinski definition) is 2. The highest BCUT2D eigenvalue weighted by Crippen LogP contribution is 2.43. The number of ether oxygens (including phenoxy) is 1. The molecule has 1 aromatic heterocycles. The Morgan fingerprint density at radius 1 is 1.25 bits per heavy atom. The highest BCUT2D eigenvalue weighted by atomic mass is 19.4. The Labute approximate surface area is 227 Å². The van der Waals surface area contributed by atoms with Crippen LogP contribution in [-0.2, 0) is 22.3 Å². The summed E-state index contributed by atoms with van der Waals surface area (Å²) >= 11 is 0. The van der Waals surface area contributed by atoms with E-state index in [1.165, 1.54) is 28.7 Å². The van der Waals surface area contributed by atoms with Crippen LogP contribution in [0.1, 0.15) is 42.1 Å². The van der Waals surface area contributed by atoms with E-state index in [2.05, 4.69) is 16.3 Å². The molecule has 0 saturated heterocycles. The van der Waals surface area contributed by atoms with Crippen molar-refractivity contribution in [2.24, 2.45) is 0 Å². The number of rotatable bonds is 7. The van der Waals surface area contributed by atoms with Crippen molar-refractivity contribution in [3.63, 3.8) is 0 Å². The van der Waals surface area contributed by atoms with Crippen LogP contribution in [0.15, 0.2) is 83.0 Å². The number of nitrogens with zero attached hydrogens (tertiary/aromatic N) is 4. The van der Waals surface area contributed by atoms with Gasteiger partial charge < -0.3 is 10.1 Å². The van der Waals surface area contributed by atoms with Gasteiger partial charge in [-0.3, -0.25) is 4.90 Å². The molecule has 1 atom stereocenters. The van der Waals surface area contributed by atoms with Gasteiger partial charge in [-0.2, -0.15) is 18.4 Å². The summed E-state index contributed by atoms with van der Waals surface area (Å²) in [5.74, 6) is -0.780. The van der Waals surface area contributed by atoms with Crippen molar-refractivity contribution in [2.45, 2.75) is 32.6 Å². The van der Waals surface area contributed by atoms with E-state index in [9.17, 15) is 28.0 Å². The number of nitriles is 1. The average Bonchev–Trinajstić information content (AvgIpc) is 3.32. The number of quaternary nitrogens is 1. The summed E-state index contributed by atoms with van der Waals surface area (Å²) < 4.78 is 46.9. The van der Waals surface area contributed by atoms with Crippen molar-refractivity contribution in [1.82, 2.24) is 14.8 Å². The van der Waals surface area contributed by atoms with Crippen molar-refractivity contribution in [3.8, 4) is 6.07 Å². The summed E-state index contributed by atoms with van der Waals surface area (Å²) in [5.41, 5.74) is 0.304. The monoisotopic (exact) mass is 551 g/mol. The van der Waals surface area contributed by atoms with Crippen LogP contribution in [0.3, 0.4) is 0 Å². The Kier molecular flexibility index (Phi) is 8.06. The van der Waals surface area contributed by atoms with E-state index in [1.54, 1.807) is 25.1 Å². The molecule has 0 bridgehead atoms. The molecule has 0 unspecified atom stereocenters. The van der Waals surface area contributed by atoms with Crippen LogP contribution in [0.25, 0.3) is 0 Å². The molecule has 3 N–H and O–H groups in total. The second-order valence-electron chi connectivity index (χ2n) is 8.85. The Hall–Kier alpha value is -4.89. The van der Waals surface area contributed by atoms with Gasteiger partial charge in [0.25, 0.3) is 0 Å². The normalized spacial score (nSPS) is 15.5. The van der Waals surface area contributed by atoms with Crippen molar-refractivity contribution in [3.05, 3.63) is 111 Å². The maximum absolute atomic E-state index is 13.5. The Morgan fingerprint density at radius 2 is 2.02 bits per heavy atom. The number of anilines is 2. The van der Waals surface area contributed by atoms with Crippen LogP contribution in [0, 0.1) is 11.3 Å². The number of halogens is 3. The summed E-state index contributed by atoms with van der Waals surface area (Å²) in [6.45, 7) is 3.80. The quantitative estimate of drug-likeness (QED) is 0.341. The molecule has 4 rings (SSSR count). The maximum Gasteiger partial charge on any atom is 0.416 e. The van der Waals surface area contributed by atoms with Crippen LogP contribution < -0.4 is 15.9 Å². The predicted molar refractivity (Wildman–Crippen MR) is 140 cm³/mol. The zero-order chi connectivity index (χ0) is 29.0. The molecule has 0 spiro atoms. The first-order chi connectivity index (χ1) is 19.1. The van der Waals surface area contributed by atoms with Crippen LogP contribution >= 0.6 is 0 Å². The topological polar surface area (TPSA) is 121 Å². The third kappa shape index (κ3) is 5.32. The lowest BCUT2D eigenvalue weighted by Crippen LogP contribution is -2.76. The largest absolute Gasteiger partial charge is 0.466 e. The molecule has 0 saturated carbocycles. The summed E-state index contributed by atoms with van der Waals surface area (Å²) in [4.78, 5) is 27.7. The molecule has 206 valence electrons. The molecule has 0 aliphatic carbocycles. The fraction of sp³-hybridized carbons (Fsp3) is 0.214. The van der Waals surface area contributed by atoms with Gasteiger partial charge in [-0.05, 0) is 55.8 Å². The molecule has 1 aliphatic heterocycles. The number of fused-ring (bicyclic) bond motifs is 1. The van der Waals surface area contributed by atoms with E-state index in [4.69, 9.17) is 4.74 Å². The molecular weight excluding hydrogens is 525 g/mol. The van der Waals surface area contributed by atoms with E-state index in [-0.39, 0.29) is 22.9 Å². The second-order valence-corrected chi connectivity index (χ2v) is 8.85. The number of esters is 1. The Balaban J connectivity index is 1.96. The van der Waals surface area contributed by atoms with Crippen molar-refractivity contribution >= 4 is 17.6 Å². The summed E-state index contributed by atoms with van der Waals surface area (Å²) in [5, 5.41) is 17.9. The number of nitrogens with one attached hydrogen (secondary N) is 1. The molecule has 2 aromatic carbocycles. The van der Waals surface area contributed by atoms with Gasteiger partial charge in [0, 0.05) is 16.9 Å². The number of alkyl halides is 3. The fourth-order valence-corrected chi connectivity index (χ4v) is 4.65. The number of allylic oxidation sites excluding steroid dienone is 4. The molecular formula is C28H26F3N6O3+. The second kappa shape index (κ2) is 11.5. The molecule has 40 heavy (non-hydrogen) atoms. The number of aromatic amines is 1. The minimum atomic E-state index is -4.61. The number of methoxy groups -OCH3 is 1. The summed E-state index contributed by atoms with van der Waals surface area (Å²) in [6.07, 6.45) is 2.77. The van der Waals surface area contributed by atoms with Gasteiger partial charge >= 0.3 is 17.8 Å². The van der Waals surface area contributed by atoms with Gasteiger partial charge in [-0.15, -0.1) is 5.10 Å². The highest BCUT2D eigenvalue weighted by molar-refractivity contribution is 5.93. The van der Waals surface area contributed by atoms with E-state index in [1.807, 2.05) is 36.7 Å². The minimum Gasteiger partial charge on any atom is -0.466 e. The van der Waals surface area contributed by atoms with Gasteiger partial charge in [0.2, 0.25) is 5.95 Å². The van der Waals surface area contributed by atoms with Gasteiger partial charge in [-0.25, -0.2) is 19.3 Å². The summed E-state index contributed by atoms with van der Waals surface area (Å²) in [6, 6.07) is 10.5. The maximum atomic E-state index is 13.5. The molecule has 0 fully saturated rings. The lowest BCUT2D eigenvalue weighted by Gasteiger charge is -2.36. The average molecular weight is 552 g/mol. The third-order valence-corrected chi connectivity index (χ3v) is 6.43. The number of benzene rings is 2. The first-order valence-electron chi connectivity index (χ1n) is 12.2. The van der Waals surface area contributed by atoms with Crippen molar-refractivity contribution < 1.29 is 28.0 Å². The molecule has 3 aromatic rings. The molecule has 12 heteroatoms. The van der Waals surface area contributed by atoms with E-state index in [0.29, 0.717) is 23.2 Å². The Morgan fingerprint density at radius 3 is 2.70 bits per heavy atom. The van der Waals surface area contributed by atoms with E-state index >= 15 is 0 Å². The van der Waals surface area contributed by atoms with Gasteiger partial charge in [0.15, 0.2) is 0 Å². The third-order valence-electron chi connectivity index (χ3n) is 6.43. The van der Waals surface area contributed by atoms with Gasteiger partial charge in [-0.1, -0.05) is 24.3 Å². The SMILES string of the molecule is C/C=C\C=C/[NH2+]Cc1cc(C#N)ccc1[C@@H]1C(C(=O)OC)=C(C)N(c2cccc(C(F)(F)F)c2)c2n[nH]c(=O)n21. The lowest BCUT2D eigenvalue weighted by atomic mass is 9.90. The molecule has 0 radical (unpaired) electrons. The van der Waals surface area contributed by atoms with Crippen molar-refractivity contribution in [1.29, 1.82) is 5.26 Å². The number of aromatic nitrogens is 3. The molecule has 0 amide bonds. The van der Waals surface area contributed by atoms with Crippen molar-refractivity contribution in [2.75, 3.05) is 12.0 Å². The number of H-pyrrole nitrogens is 1. The standard InChI is InChI=1S/C28H25F3N6O3/c1-4-5-6-12-33-16-19-13-18(15-32)10-11-22(19)24-23(25(38)40-3)17(2)36(26-34-35-27(39)37(24)26)21-9-7-8-20(14-21)28(29,30)31/h4-14,24,33H,16H2,1-3H3,(H,35,39)/p+1/b5-4-,12-6-/t24-/m1/s1. The number of hydrogen-bond acceptors (Lipinski definition) is 6. The fourth-order valence-electron chi connectivity index (χ4n) is 4.65. The first-order valence-corrected chi connectivity index (χ1v) is 12.2. The molecule has 1 aliphatic rings. The smallest absolute Gasteiger partial charge is 0.416 e. The molecule has 2 heterocycles. The molecule has 9 nitrogen and oxygen atoms in total. The van der Waals surface area contributed by atoms with E-state index in [0.717, 1.165) is 12.1 Å². The zero-order valence-electron chi connectivity index (χ0n) is 21.9. The van der Waals surface area contributed by atoms with Crippen LogP contribution in [0.5, 0.6) is 0 Å².